The molecule has 0 unspecified atom stereocenters. The summed E-state index contributed by atoms with van der Waals surface area (Å²) in [5, 5.41) is 23.2. The monoisotopic (exact) mass is 956 g/mol. The van der Waals surface area contributed by atoms with Crippen LogP contribution in [-0.4, -0.2) is 96.7 Å². The Balaban J connectivity index is 1.34. The highest BCUT2D eigenvalue weighted by Gasteiger charge is 2.41. The second kappa shape index (κ2) is 27.1. The summed E-state index contributed by atoms with van der Waals surface area (Å²) in [6.07, 6.45) is 12.3. The van der Waals surface area contributed by atoms with Gasteiger partial charge < -0.3 is 20.4 Å². The fraction of sp³-hybridized carbons (Fsp3) is 0.810. The van der Waals surface area contributed by atoms with E-state index < -0.39 is 55.6 Å². The molecule has 364 valence electrons. The maximum atomic E-state index is 13.2. The number of aromatic hydroxyl groups is 2. The highest BCUT2D eigenvalue weighted by atomic mass is 32.3. The number of nitrogens with zero attached hydrogens (tertiary/aromatic N) is 1. The highest BCUT2D eigenvalue weighted by molar-refractivity contribution is 7.81. The number of carbonyl (C=O) groups excluding carboxylic acids is 2. The summed E-state index contributed by atoms with van der Waals surface area (Å²) in [6, 6.07) is 2.05. The molecule has 0 aliphatic carbocycles. The van der Waals surface area contributed by atoms with Gasteiger partial charge in [-0.05, 0) is 68.9 Å². The van der Waals surface area contributed by atoms with E-state index in [2.05, 4.69) is 12.2 Å². The molecule has 1 fully saturated rings. The minimum absolute atomic E-state index is 0.00748. The zero-order valence-electron chi connectivity index (χ0n) is 36.9. The number of rotatable bonds is 33. The van der Waals surface area contributed by atoms with Crippen LogP contribution in [-0.2, 0) is 59.8 Å². The van der Waals surface area contributed by atoms with Crippen molar-refractivity contribution < 1.29 is 71.3 Å². The first kappa shape index (κ1) is 54.7. The first-order valence-corrected chi connectivity index (χ1v) is 26.9. The molecule has 0 bridgehead atoms. The molecule has 0 aromatic heterocycles. The van der Waals surface area contributed by atoms with Crippen molar-refractivity contribution in [3.63, 3.8) is 0 Å². The zero-order valence-corrected chi connectivity index (χ0v) is 39.4. The van der Waals surface area contributed by atoms with Crippen LogP contribution in [0.25, 0.3) is 0 Å². The predicted octanol–water partition coefficient (Wildman–Crippen LogP) is 7.60. The molecule has 1 aromatic rings. The lowest BCUT2D eigenvalue weighted by Crippen LogP contribution is -2.54. The van der Waals surface area contributed by atoms with Gasteiger partial charge in [0, 0.05) is 24.6 Å². The number of amides is 2. The number of unbranched alkanes of at least 4 members (excludes halogenated alkanes) is 14. The second-order valence-corrected chi connectivity index (χ2v) is 20.5. The summed E-state index contributed by atoms with van der Waals surface area (Å²) in [5.74, 6) is -0.533. The molecule has 1 saturated heterocycles. The maximum Gasteiger partial charge on any atom is 0.397 e. The molecular weight excluding hydrogens is 885 g/mol. The van der Waals surface area contributed by atoms with E-state index in [1.54, 1.807) is 11.0 Å². The number of hydrogen-bond acceptors (Lipinski definition) is 13. The topological polar surface area (TPSA) is 281 Å². The van der Waals surface area contributed by atoms with Crippen molar-refractivity contribution in [2.45, 2.75) is 205 Å². The maximum absolute atomic E-state index is 13.2. The van der Waals surface area contributed by atoms with Crippen molar-refractivity contribution in [1.29, 1.82) is 0 Å². The second-order valence-electron chi connectivity index (χ2n) is 17.4. The summed E-state index contributed by atoms with van der Waals surface area (Å²) in [6.45, 7) is 4.38. The largest absolute Gasteiger partial charge is 0.508 e. The Hall–Kier alpha value is -2.63. The lowest BCUT2D eigenvalue weighted by atomic mass is 9.84. The molecule has 2 amide bonds. The van der Waals surface area contributed by atoms with E-state index >= 15 is 0 Å². The molecule has 6 atom stereocenters. The van der Waals surface area contributed by atoms with Gasteiger partial charge in [0.15, 0.2) is 0 Å². The van der Waals surface area contributed by atoms with Gasteiger partial charge in [0.1, 0.15) is 29.7 Å². The standard InChI is InChI=1S/C42H72N2O16S3/c1-3-4-5-6-13-16-19-31(2)28-39(60-63(55,56)57)38(59-62(52,53)54)25-22-34(58-61(49,50)51)20-17-14-11-9-7-8-10-12-15-18-21-40(47)43-35-23-24-36-41-32(26-27-44(36)42(35)48)29-33(45)30-37(41)46/h29-31,34-36,38-39,45-46H,3-28H2,1-2H3,(H,43,47)(H,49,50,51)(H,52,53,54)(H,55,56,57)/t31-,34+,35+,36-,38+,39+/m1/s1. The van der Waals surface area contributed by atoms with Crippen molar-refractivity contribution in [3.05, 3.63) is 23.3 Å². The molecule has 18 nitrogen and oxygen atoms in total. The van der Waals surface area contributed by atoms with Gasteiger partial charge in [-0.25, -0.2) is 12.5 Å². The Morgan fingerprint density at radius 3 is 1.84 bits per heavy atom. The van der Waals surface area contributed by atoms with E-state index in [0.717, 1.165) is 89.0 Å². The van der Waals surface area contributed by atoms with E-state index in [0.29, 0.717) is 63.5 Å². The van der Waals surface area contributed by atoms with Crippen LogP contribution in [0.1, 0.15) is 185 Å². The van der Waals surface area contributed by atoms with E-state index in [-0.39, 0.29) is 61.0 Å². The van der Waals surface area contributed by atoms with Crippen molar-refractivity contribution in [1.82, 2.24) is 10.2 Å². The number of fused-ring (bicyclic) bond motifs is 3. The molecule has 21 heteroatoms. The van der Waals surface area contributed by atoms with Gasteiger partial charge in [0.25, 0.3) is 0 Å². The molecule has 6 N–H and O–H groups in total. The van der Waals surface area contributed by atoms with Gasteiger partial charge in [-0.2, -0.15) is 25.3 Å². The molecule has 0 radical (unpaired) electrons. The predicted molar refractivity (Wildman–Crippen MR) is 235 cm³/mol. The fourth-order valence-electron chi connectivity index (χ4n) is 8.92. The van der Waals surface area contributed by atoms with E-state index in [1.165, 1.54) is 6.07 Å². The minimum Gasteiger partial charge on any atom is -0.508 e. The summed E-state index contributed by atoms with van der Waals surface area (Å²) in [5.41, 5.74) is 1.51. The summed E-state index contributed by atoms with van der Waals surface area (Å²) >= 11 is 0. The van der Waals surface area contributed by atoms with Crippen LogP contribution in [0, 0.1) is 5.92 Å². The van der Waals surface area contributed by atoms with Gasteiger partial charge >= 0.3 is 31.2 Å². The van der Waals surface area contributed by atoms with Gasteiger partial charge in [0.2, 0.25) is 11.8 Å². The number of phenolic OH excluding ortho intramolecular Hbond substituents is 2. The molecule has 0 spiro atoms. The first-order chi connectivity index (χ1) is 29.7. The van der Waals surface area contributed by atoms with Crippen molar-refractivity contribution in [2.24, 2.45) is 5.92 Å². The minimum atomic E-state index is -5.14. The average molecular weight is 957 g/mol. The van der Waals surface area contributed by atoms with Crippen LogP contribution in [0.2, 0.25) is 0 Å². The number of phenols is 2. The Labute approximate surface area is 375 Å². The first-order valence-electron chi connectivity index (χ1n) is 22.8. The van der Waals surface area contributed by atoms with Crippen LogP contribution in [0.15, 0.2) is 12.1 Å². The molecule has 0 saturated carbocycles. The lowest BCUT2D eigenvalue weighted by Gasteiger charge is -2.43. The normalized spacial score (nSPS) is 18.9. The number of carbonyl (C=O) groups is 2. The third-order valence-electron chi connectivity index (χ3n) is 12.0. The van der Waals surface area contributed by atoms with E-state index in [9.17, 15) is 58.7 Å². The third-order valence-corrected chi connectivity index (χ3v) is 13.5. The number of hydrogen-bond donors (Lipinski definition) is 6. The zero-order chi connectivity index (χ0) is 46.6. The molecule has 3 rings (SSSR count). The number of piperidine rings is 1. The van der Waals surface area contributed by atoms with Crippen LogP contribution in [0.5, 0.6) is 11.5 Å². The number of nitrogens with one attached hydrogen (secondary N) is 1. The average Bonchev–Trinajstić information content (AvgIpc) is 3.17. The van der Waals surface area contributed by atoms with Crippen LogP contribution in [0.4, 0.5) is 0 Å². The molecule has 2 aliphatic heterocycles. The highest BCUT2D eigenvalue weighted by Crippen LogP contribution is 2.43. The molecular formula is C42H72N2O16S3. The SMILES string of the molecule is CCCCCCCC[C@@H](C)C[C@H](OS(=O)(=O)O)[C@H](CC[C@H](CCCCCCCCCCCCC(=O)N[C@H]1CC[C@@H]2c3c(O)cc(O)cc3CCN2C1=O)OS(=O)(=O)O)OS(=O)(=O)O. The molecule has 2 heterocycles. The van der Waals surface area contributed by atoms with Crippen molar-refractivity contribution in [2.75, 3.05) is 6.54 Å². The Bertz CT molecular complexity index is 1900. The number of benzene rings is 1. The van der Waals surface area contributed by atoms with Crippen molar-refractivity contribution in [3.8, 4) is 11.5 Å². The molecule has 1 aromatic carbocycles. The molecule has 63 heavy (non-hydrogen) atoms. The smallest absolute Gasteiger partial charge is 0.397 e. The molecule has 2 aliphatic rings. The van der Waals surface area contributed by atoms with Gasteiger partial charge in [-0.1, -0.05) is 117 Å². The summed E-state index contributed by atoms with van der Waals surface area (Å²) in [4.78, 5) is 27.6. The van der Waals surface area contributed by atoms with Crippen molar-refractivity contribution >= 4 is 43.0 Å². The van der Waals surface area contributed by atoms with Crippen LogP contribution in [0.3, 0.4) is 0 Å². The van der Waals surface area contributed by atoms with E-state index in [4.69, 9.17) is 12.5 Å². The van der Waals surface area contributed by atoms with Gasteiger partial charge in [-0.3, -0.25) is 23.2 Å². The lowest BCUT2D eigenvalue weighted by molar-refractivity contribution is -0.142. The summed E-state index contributed by atoms with van der Waals surface area (Å²) < 4.78 is 113. The van der Waals surface area contributed by atoms with Crippen LogP contribution < -0.4 is 5.32 Å². The Morgan fingerprint density at radius 2 is 1.25 bits per heavy atom. The quantitative estimate of drug-likeness (QED) is 0.0292. The van der Waals surface area contributed by atoms with Gasteiger partial charge in [0.05, 0.1) is 12.1 Å². The Kier molecular flexibility index (Phi) is 23.5. The van der Waals surface area contributed by atoms with Crippen LogP contribution >= 0.6 is 0 Å². The van der Waals surface area contributed by atoms with Gasteiger partial charge in [-0.15, -0.1) is 0 Å². The third kappa shape index (κ3) is 21.9. The fourth-order valence-corrected chi connectivity index (χ4v) is 10.5. The Morgan fingerprint density at radius 1 is 0.714 bits per heavy atom. The van der Waals surface area contributed by atoms with E-state index in [1.807, 2.05) is 6.92 Å². The summed E-state index contributed by atoms with van der Waals surface area (Å²) in [7, 11) is -15.1.